The fraction of sp³-hybridized carbons (Fsp3) is 0.303. The number of carbonyl (C=O) groups is 1. The van der Waals surface area contributed by atoms with Crippen molar-refractivity contribution in [1.29, 1.82) is 0 Å². The van der Waals surface area contributed by atoms with Gasteiger partial charge in [-0.1, -0.05) is 45.0 Å². The summed E-state index contributed by atoms with van der Waals surface area (Å²) in [7, 11) is 5.29. The van der Waals surface area contributed by atoms with E-state index in [1.807, 2.05) is 73.5 Å². The van der Waals surface area contributed by atoms with Crippen molar-refractivity contribution in [3.63, 3.8) is 0 Å². The van der Waals surface area contributed by atoms with E-state index in [-0.39, 0.29) is 22.7 Å². The van der Waals surface area contributed by atoms with E-state index in [9.17, 15) is 9.59 Å². The summed E-state index contributed by atoms with van der Waals surface area (Å²) >= 11 is 0. The van der Waals surface area contributed by atoms with Gasteiger partial charge in [0.2, 0.25) is 0 Å². The first-order chi connectivity index (χ1) is 19.9. The number of rotatable bonds is 9. The summed E-state index contributed by atoms with van der Waals surface area (Å²) in [4.78, 5) is 32.8. The van der Waals surface area contributed by atoms with Gasteiger partial charge >= 0.3 is 0 Å². The van der Waals surface area contributed by atoms with Crippen LogP contribution in [-0.4, -0.2) is 42.8 Å². The Hall–Kier alpha value is -4.63. The van der Waals surface area contributed by atoms with E-state index in [0.29, 0.717) is 41.5 Å². The van der Waals surface area contributed by atoms with E-state index in [0.717, 1.165) is 22.4 Å². The van der Waals surface area contributed by atoms with Crippen LogP contribution >= 0.6 is 0 Å². The van der Waals surface area contributed by atoms with Gasteiger partial charge in [0.1, 0.15) is 0 Å². The lowest BCUT2D eigenvalue weighted by atomic mass is 9.86. The molecule has 1 amide bonds. The summed E-state index contributed by atoms with van der Waals surface area (Å²) in [5, 5.41) is 6.17. The largest absolute Gasteiger partial charge is 0.397 e. The molecule has 9 heteroatoms. The van der Waals surface area contributed by atoms with Crippen LogP contribution in [0.15, 0.2) is 71.7 Å². The molecule has 0 atom stereocenters. The molecule has 1 heterocycles. The maximum atomic E-state index is 13.1. The van der Waals surface area contributed by atoms with Crippen molar-refractivity contribution < 1.29 is 9.53 Å². The first-order valence-corrected chi connectivity index (χ1v) is 13.8. The average molecular weight is 569 g/mol. The van der Waals surface area contributed by atoms with Crippen molar-refractivity contribution in [3.8, 4) is 11.3 Å². The molecule has 0 unspecified atom stereocenters. The fourth-order valence-corrected chi connectivity index (χ4v) is 4.65. The van der Waals surface area contributed by atoms with Gasteiger partial charge in [0.05, 0.1) is 23.7 Å². The zero-order valence-electron chi connectivity index (χ0n) is 25.4. The third-order valence-electron chi connectivity index (χ3n) is 7.27. The van der Waals surface area contributed by atoms with Gasteiger partial charge in [-0.2, -0.15) is 0 Å². The second-order valence-corrected chi connectivity index (χ2v) is 11.5. The Morgan fingerprint density at radius 1 is 1.10 bits per heavy atom. The number of methoxy groups -OCH3 is 1. The fourth-order valence-electron chi connectivity index (χ4n) is 4.65. The van der Waals surface area contributed by atoms with Gasteiger partial charge in [0.25, 0.3) is 11.5 Å². The van der Waals surface area contributed by atoms with Gasteiger partial charge < -0.3 is 30.6 Å². The van der Waals surface area contributed by atoms with Crippen molar-refractivity contribution in [2.24, 2.45) is 7.05 Å². The van der Waals surface area contributed by atoms with E-state index in [4.69, 9.17) is 10.5 Å². The predicted molar refractivity (Wildman–Crippen MR) is 172 cm³/mol. The van der Waals surface area contributed by atoms with E-state index in [2.05, 4.69) is 36.4 Å². The van der Waals surface area contributed by atoms with Gasteiger partial charge in [-0.3, -0.25) is 9.59 Å². The third kappa shape index (κ3) is 6.80. The second-order valence-electron chi connectivity index (χ2n) is 11.5. The molecule has 42 heavy (non-hydrogen) atoms. The SMILES string of the molecule is COCCN(C)c1ccc(Nc2nc(-c3cccc(NC(=O)c4ccc(C(C)(C)C)cc4)c3C)cn(C)c2=O)cc1N. The maximum absolute atomic E-state index is 13.1. The molecule has 0 bridgehead atoms. The number of nitrogens with two attached hydrogens (primary N) is 1. The average Bonchev–Trinajstić information content (AvgIpc) is 2.95. The second kappa shape index (κ2) is 12.5. The number of aromatic nitrogens is 2. The number of anilines is 5. The molecule has 0 aliphatic heterocycles. The molecule has 0 fully saturated rings. The number of benzene rings is 3. The number of hydrogen-bond acceptors (Lipinski definition) is 7. The number of amides is 1. The van der Waals surface area contributed by atoms with E-state index in [1.165, 1.54) is 4.57 Å². The number of nitrogen functional groups attached to an aromatic ring is 1. The quantitative estimate of drug-likeness (QED) is 0.222. The van der Waals surface area contributed by atoms with E-state index < -0.39 is 0 Å². The van der Waals surface area contributed by atoms with Crippen molar-refractivity contribution in [1.82, 2.24) is 9.55 Å². The number of carbonyl (C=O) groups excluding carboxylic acids is 1. The minimum atomic E-state index is -0.278. The zero-order chi connectivity index (χ0) is 30.6. The highest BCUT2D eigenvalue weighted by molar-refractivity contribution is 6.05. The number of likely N-dealkylation sites (N-methyl/N-ethyl adjacent to an activating group) is 1. The molecule has 0 spiro atoms. The van der Waals surface area contributed by atoms with Gasteiger partial charge in [-0.05, 0) is 59.9 Å². The van der Waals surface area contributed by atoms with Gasteiger partial charge in [-0.15, -0.1) is 0 Å². The molecule has 3 aromatic carbocycles. The number of hydrogen-bond donors (Lipinski definition) is 3. The Labute approximate surface area is 247 Å². The lowest BCUT2D eigenvalue weighted by Crippen LogP contribution is -2.23. The zero-order valence-corrected chi connectivity index (χ0v) is 25.4. The third-order valence-corrected chi connectivity index (χ3v) is 7.27. The Bertz CT molecular complexity index is 1640. The lowest BCUT2D eigenvalue weighted by molar-refractivity contribution is 0.102. The van der Waals surface area contributed by atoms with Crippen LogP contribution in [-0.2, 0) is 17.2 Å². The summed E-state index contributed by atoms with van der Waals surface area (Å²) in [5.41, 5.74) is 12.8. The van der Waals surface area contributed by atoms with Crippen LogP contribution in [0.3, 0.4) is 0 Å². The van der Waals surface area contributed by atoms with E-state index in [1.54, 1.807) is 26.4 Å². The molecule has 9 nitrogen and oxygen atoms in total. The van der Waals surface area contributed by atoms with Crippen LogP contribution in [0.2, 0.25) is 0 Å². The number of nitrogens with zero attached hydrogens (tertiary/aromatic N) is 3. The smallest absolute Gasteiger partial charge is 0.293 e. The Morgan fingerprint density at radius 3 is 2.45 bits per heavy atom. The van der Waals surface area contributed by atoms with Crippen molar-refractivity contribution in [3.05, 3.63) is 93.9 Å². The minimum absolute atomic E-state index is 0.00721. The molecule has 0 radical (unpaired) electrons. The molecule has 0 aliphatic rings. The molecule has 1 aromatic heterocycles. The highest BCUT2D eigenvalue weighted by atomic mass is 16.5. The van der Waals surface area contributed by atoms with Crippen LogP contribution < -0.4 is 26.8 Å². The molecule has 4 rings (SSSR count). The number of nitrogens with one attached hydrogen (secondary N) is 2. The molecular formula is C33H40N6O3. The Balaban J connectivity index is 1.59. The predicted octanol–water partition coefficient (Wildman–Crippen LogP) is 5.71. The van der Waals surface area contributed by atoms with Crippen LogP contribution in [0.5, 0.6) is 0 Å². The Morgan fingerprint density at radius 2 is 1.81 bits per heavy atom. The molecule has 4 aromatic rings. The summed E-state index contributed by atoms with van der Waals surface area (Å²) in [6, 6.07) is 18.8. The highest BCUT2D eigenvalue weighted by Gasteiger charge is 2.17. The molecular weight excluding hydrogens is 528 g/mol. The number of ether oxygens (including phenoxy) is 1. The van der Waals surface area contributed by atoms with Gasteiger partial charge in [0.15, 0.2) is 5.82 Å². The first kappa shape index (κ1) is 30.3. The monoisotopic (exact) mass is 568 g/mol. The van der Waals surface area contributed by atoms with Crippen LogP contribution in [0.1, 0.15) is 42.3 Å². The highest BCUT2D eigenvalue weighted by Crippen LogP contribution is 2.30. The summed E-state index contributed by atoms with van der Waals surface area (Å²) in [5.74, 6) is -0.0250. The molecule has 0 saturated carbocycles. The number of aryl methyl sites for hydroxylation is 1. The molecule has 4 N–H and O–H groups in total. The summed E-state index contributed by atoms with van der Waals surface area (Å²) < 4.78 is 6.65. The summed E-state index contributed by atoms with van der Waals surface area (Å²) in [6.45, 7) is 9.62. The summed E-state index contributed by atoms with van der Waals surface area (Å²) in [6.07, 6.45) is 1.69. The topological polar surface area (TPSA) is 115 Å². The van der Waals surface area contributed by atoms with Crippen LogP contribution in [0, 0.1) is 6.92 Å². The van der Waals surface area contributed by atoms with Crippen molar-refractivity contribution >= 4 is 34.5 Å². The minimum Gasteiger partial charge on any atom is -0.397 e. The molecule has 220 valence electrons. The van der Waals surface area contributed by atoms with Crippen molar-refractivity contribution in [2.45, 2.75) is 33.1 Å². The van der Waals surface area contributed by atoms with Crippen LogP contribution in [0.4, 0.5) is 28.6 Å². The molecule has 0 aliphatic carbocycles. The first-order valence-electron chi connectivity index (χ1n) is 13.8. The maximum Gasteiger partial charge on any atom is 0.293 e. The van der Waals surface area contributed by atoms with Crippen molar-refractivity contribution in [2.75, 3.05) is 48.6 Å². The standard InChI is InChI=1S/C33H40N6O3/c1-21-25(9-8-10-27(21)37-31(40)22-11-13-23(14-12-22)33(2,3)4)28-20-39(6)32(41)30(36-28)35-24-15-16-29(26(34)19-24)38(5)17-18-42-7/h8-16,19-20H,17-18,34H2,1-7H3,(H,35,36)(H,37,40). The van der Waals surface area contributed by atoms with Gasteiger partial charge in [-0.25, -0.2) is 4.98 Å². The normalized spacial score (nSPS) is 11.3. The lowest BCUT2D eigenvalue weighted by Gasteiger charge is -2.21. The van der Waals surface area contributed by atoms with Gasteiger partial charge in [0, 0.05) is 56.4 Å². The van der Waals surface area contributed by atoms with Crippen LogP contribution in [0.25, 0.3) is 11.3 Å². The Kier molecular flexibility index (Phi) is 9.02. The molecule has 0 saturated heterocycles. The van der Waals surface area contributed by atoms with E-state index >= 15 is 0 Å².